The van der Waals surface area contributed by atoms with Gasteiger partial charge in [0.05, 0.1) is 13.2 Å². The van der Waals surface area contributed by atoms with E-state index in [-0.39, 0.29) is 0 Å². The highest BCUT2D eigenvalue weighted by molar-refractivity contribution is 5.29. The number of ether oxygens (including phenoxy) is 2. The lowest BCUT2D eigenvalue weighted by molar-refractivity contribution is 0.205. The third kappa shape index (κ3) is 9.85. The zero-order valence-electron chi connectivity index (χ0n) is 21.8. The zero-order valence-corrected chi connectivity index (χ0v) is 21.8. The summed E-state index contributed by atoms with van der Waals surface area (Å²) in [7, 11) is 0. The SMILES string of the molecule is c1cc(OCCCN2CCCCC2)ccc1CCCc1ccc(OCCCN2CCCCC2)cc1. The zero-order chi connectivity index (χ0) is 24.0. The maximum atomic E-state index is 5.96. The van der Waals surface area contributed by atoms with Crippen LogP contribution in [-0.2, 0) is 12.8 Å². The predicted octanol–water partition coefficient (Wildman–Crippen LogP) is 6.37. The van der Waals surface area contributed by atoms with Crippen molar-refractivity contribution in [1.82, 2.24) is 9.80 Å². The average Bonchev–Trinajstić information content (AvgIpc) is 2.92. The van der Waals surface area contributed by atoms with E-state index >= 15 is 0 Å². The molecule has 2 aromatic carbocycles. The lowest BCUT2D eigenvalue weighted by Gasteiger charge is -2.26. The van der Waals surface area contributed by atoms with E-state index in [4.69, 9.17) is 9.47 Å². The summed E-state index contributed by atoms with van der Waals surface area (Å²) in [4.78, 5) is 5.15. The number of hydrogen-bond donors (Lipinski definition) is 0. The summed E-state index contributed by atoms with van der Waals surface area (Å²) < 4.78 is 11.9. The molecule has 0 radical (unpaired) electrons. The molecule has 0 amide bonds. The van der Waals surface area contributed by atoms with Crippen LogP contribution in [0.15, 0.2) is 48.5 Å². The van der Waals surface area contributed by atoms with Crippen LogP contribution in [0.1, 0.15) is 68.9 Å². The van der Waals surface area contributed by atoms with Gasteiger partial charge in [0.2, 0.25) is 0 Å². The van der Waals surface area contributed by atoms with Crippen molar-refractivity contribution in [1.29, 1.82) is 0 Å². The third-order valence-corrected chi connectivity index (χ3v) is 7.45. The summed E-state index contributed by atoms with van der Waals surface area (Å²) in [6.07, 6.45) is 13.8. The summed E-state index contributed by atoms with van der Waals surface area (Å²) in [5.74, 6) is 2.00. The van der Waals surface area contributed by atoms with Crippen LogP contribution in [0.3, 0.4) is 0 Å². The van der Waals surface area contributed by atoms with Crippen LogP contribution in [0.4, 0.5) is 0 Å². The van der Waals surface area contributed by atoms with Crippen molar-refractivity contribution < 1.29 is 9.47 Å². The number of benzene rings is 2. The van der Waals surface area contributed by atoms with Gasteiger partial charge in [0.15, 0.2) is 0 Å². The maximum Gasteiger partial charge on any atom is 0.119 e. The van der Waals surface area contributed by atoms with Crippen molar-refractivity contribution in [3.8, 4) is 11.5 Å². The van der Waals surface area contributed by atoms with Crippen LogP contribution >= 0.6 is 0 Å². The van der Waals surface area contributed by atoms with E-state index in [1.54, 1.807) is 0 Å². The van der Waals surface area contributed by atoms with E-state index in [0.717, 1.165) is 56.8 Å². The Morgan fingerprint density at radius 3 is 1.29 bits per heavy atom. The van der Waals surface area contributed by atoms with E-state index in [0.29, 0.717) is 0 Å². The average molecular weight is 479 g/mol. The highest BCUT2D eigenvalue weighted by Crippen LogP contribution is 2.17. The van der Waals surface area contributed by atoms with E-state index in [9.17, 15) is 0 Å². The first kappa shape index (κ1) is 26.0. The highest BCUT2D eigenvalue weighted by Gasteiger charge is 2.10. The number of aryl methyl sites for hydroxylation is 2. The normalized spacial score (nSPS) is 17.4. The van der Waals surface area contributed by atoms with Crippen LogP contribution in [0.5, 0.6) is 11.5 Å². The highest BCUT2D eigenvalue weighted by atomic mass is 16.5. The standard InChI is InChI=1S/C31H46N2O2/c1-3-20-32(21-4-1)24-8-26-34-30-16-12-28(13-17-30)10-7-11-29-14-18-31(19-15-29)35-27-9-25-33-22-5-2-6-23-33/h12-19H,1-11,20-27H2. The van der Waals surface area contributed by atoms with Crippen LogP contribution in [0, 0.1) is 0 Å². The second kappa shape index (κ2) is 15.2. The quantitative estimate of drug-likeness (QED) is 0.295. The summed E-state index contributed by atoms with van der Waals surface area (Å²) in [6.45, 7) is 9.05. The van der Waals surface area contributed by atoms with Gasteiger partial charge in [-0.25, -0.2) is 0 Å². The van der Waals surface area contributed by atoms with Gasteiger partial charge in [-0.1, -0.05) is 37.1 Å². The molecule has 2 heterocycles. The van der Waals surface area contributed by atoms with Crippen LogP contribution in [0.25, 0.3) is 0 Å². The molecule has 2 aliphatic rings. The van der Waals surface area contributed by atoms with Gasteiger partial charge in [-0.05, 0) is 119 Å². The molecule has 35 heavy (non-hydrogen) atoms. The fourth-order valence-electron chi connectivity index (χ4n) is 5.32. The molecule has 192 valence electrons. The Balaban J connectivity index is 1.05. The van der Waals surface area contributed by atoms with Gasteiger partial charge in [0.1, 0.15) is 11.5 Å². The van der Waals surface area contributed by atoms with Gasteiger partial charge in [0, 0.05) is 13.1 Å². The number of likely N-dealkylation sites (tertiary alicyclic amines) is 2. The lowest BCUT2D eigenvalue weighted by Crippen LogP contribution is -2.31. The van der Waals surface area contributed by atoms with Gasteiger partial charge >= 0.3 is 0 Å². The van der Waals surface area contributed by atoms with Crippen LogP contribution in [-0.4, -0.2) is 62.3 Å². The fourth-order valence-corrected chi connectivity index (χ4v) is 5.32. The van der Waals surface area contributed by atoms with Crippen molar-refractivity contribution >= 4 is 0 Å². The summed E-state index contributed by atoms with van der Waals surface area (Å²) >= 11 is 0. The van der Waals surface area contributed by atoms with E-state index in [2.05, 4.69) is 58.3 Å². The molecular formula is C31H46N2O2. The van der Waals surface area contributed by atoms with Crippen molar-refractivity contribution in [2.45, 2.75) is 70.6 Å². The molecule has 4 heteroatoms. The predicted molar refractivity (Wildman–Crippen MR) is 146 cm³/mol. The smallest absolute Gasteiger partial charge is 0.119 e. The Kier molecular flexibility index (Phi) is 11.3. The van der Waals surface area contributed by atoms with Crippen molar-refractivity contribution in [3.05, 3.63) is 59.7 Å². The van der Waals surface area contributed by atoms with Crippen molar-refractivity contribution in [2.75, 3.05) is 52.5 Å². The molecule has 0 bridgehead atoms. The third-order valence-electron chi connectivity index (χ3n) is 7.45. The Morgan fingerprint density at radius 2 is 0.886 bits per heavy atom. The number of piperidine rings is 2. The molecule has 0 atom stereocenters. The molecule has 0 spiro atoms. The van der Waals surface area contributed by atoms with Gasteiger partial charge in [-0.2, -0.15) is 0 Å². The number of hydrogen-bond acceptors (Lipinski definition) is 4. The number of nitrogens with zero attached hydrogens (tertiary/aromatic N) is 2. The fraction of sp³-hybridized carbons (Fsp3) is 0.613. The maximum absolute atomic E-state index is 5.96. The molecule has 2 saturated heterocycles. The Bertz CT molecular complexity index is 739. The first-order chi connectivity index (χ1) is 17.3. The Hall–Kier alpha value is -2.04. The molecule has 0 saturated carbocycles. The van der Waals surface area contributed by atoms with E-state index in [1.165, 1.54) is 88.9 Å². The minimum absolute atomic E-state index is 0.813. The monoisotopic (exact) mass is 478 g/mol. The molecule has 0 N–H and O–H groups in total. The minimum Gasteiger partial charge on any atom is -0.494 e. The number of rotatable bonds is 14. The van der Waals surface area contributed by atoms with Gasteiger partial charge < -0.3 is 19.3 Å². The minimum atomic E-state index is 0.813. The van der Waals surface area contributed by atoms with Gasteiger partial charge in [0.25, 0.3) is 0 Å². The lowest BCUT2D eigenvalue weighted by atomic mass is 10.0. The van der Waals surface area contributed by atoms with E-state index < -0.39 is 0 Å². The first-order valence-corrected chi connectivity index (χ1v) is 14.2. The molecule has 2 aromatic rings. The van der Waals surface area contributed by atoms with Crippen molar-refractivity contribution in [2.24, 2.45) is 0 Å². The molecule has 2 aliphatic heterocycles. The second-order valence-corrected chi connectivity index (χ2v) is 10.4. The summed E-state index contributed by atoms with van der Waals surface area (Å²) in [6, 6.07) is 17.4. The molecule has 0 unspecified atom stereocenters. The molecule has 0 aliphatic carbocycles. The van der Waals surface area contributed by atoms with Crippen LogP contribution < -0.4 is 9.47 Å². The Labute approximate surface area is 213 Å². The van der Waals surface area contributed by atoms with Crippen LogP contribution in [0.2, 0.25) is 0 Å². The van der Waals surface area contributed by atoms with Gasteiger partial charge in [-0.15, -0.1) is 0 Å². The second-order valence-electron chi connectivity index (χ2n) is 10.4. The molecule has 4 nitrogen and oxygen atoms in total. The van der Waals surface area contributed by atoms with Gasteiger partial charge in [-0.3, -0.25) is 0 Å². The molecule has 0 aromatic heterocycles. The largest absolute Gasteiger partial charge is 0.494 e. The molecular weight excluding hydrogens is 432 g/mol. The first-order valence-electron chi connectivity index (χ1n) is 14.2. The topological polar surface area (TPSA) is 24.9 Å². The Morgan fingerprint density at radius 1 is 0.486 bits per heavy atom. The summed E-state index contributed by atoms with van der Waals surface area (Å²) in [5, 5.41) is 0. The molecule has 4 rings (SSSR count). The summed E-state index contributed by atoms with van der Waals surface area (Å²) in [5.41, 5.74) is 2.78. The molecule has 2 fully saturated rings. The van der Waals surface area contributed by atoms with E-state index in [1.807, 2.05) is 0 Å². The van der Waals surface area contributed by atoms with Crippen molar-refractivity contribution in [3.63, 3.8) is 0 Å².